The van der Waals surface area contributed by atoms with Gasteiger partial charge < -0.3 is 4.74 Å². The van der Waals surface area contributed by atoms with Crippen LogP contribution in [0.3, 0.4) is 0 Å². The zero-order valence-electron chi connectivity index (χ0n) is 19.5. The zero-order valence-corrected chi connectivity index (χ0v) is 21.1. The molecule has 4 aromatic carbocycles. The van der Waals surface area contributed by atoms with Gasteiger partial charge in [0.25, 0.3) is 5.91 Å². The van der Waals surface area contributed by atoms with Crippen LogP contribution >= 0.6 is 23.4 Å². The largest absolute Gasteiger partial charge is 0.497 e. The van der Waals surface area contributed by atoms with Crippen molar-refractivity contribution in [2.75, 3.05) is 7.11 Å². The minimum Gasteiger partial charge on any atom is -0.497 e. The summed E-state index contributed by atoms with van der Waals surface area (Å²) in [7, 11) is 1.63. The number of benzene rings is 4. The SMILES string of the molecule is COc1ccc(N=C2S/C(=C/c3ccc(Cl)cc3)C(=O)N2C(c2ccccc2)c2ccccc2)cc1. The average molecular weight is 511 g/mol. The number of hydrogen-bond acceptors (Lipinski definition) is 4. The van der Waals surface area contributed by atoms with Gasteiger partial charge in [0.05, 0.1) is 23.7 Å². The normalized spacial score (nSPS) is 15.8. The van der Waals surface area contributed by atoms with E-state index < -0.39 is 0 Å². The second-order valence-corrected chi connectivity index (χ2v) is 9.60. The monoisotopic (exact) mass is 510 g/mol. The molecule has 0 bridgehead atoms. The first kappa shape index (κ1) is 23.9. The van der Waals surface area contributed by atoms with Crippen LogP contribution in [-0.4, -0.2) is 23.1 Å². The number of nitrogens with zero attached hydrogens (tertiary/aromatic N) is 2. The highest BCUT2D eigenvalue weighted by molar-refractivity contribution is 8.18. The van der Waals surface area contributed by atoms with Gasteiger partial charge in [0, 0.05) is 5.02 Å². The molecule has 1 heterocycles. The molecule has 1 amide bonds. The molecular formula is C30H23ClN2O2S. The van der Waals surface area contributed by atoms with Crippen molar-refractivity contribution in [1.82, 2.24) is 4.90 Å². The number of thioether (sulfide) groups is 1. The van der Waals surface area contributed by atoms with E-state index in [9.17, 15) is 4.79 Å². The Morgan fingerprint density at radius 1 is 0.833 bits per heavy atom. The molecule has 1 saturated heterocycles. The average Bonchev–Trinajstić information content (AvgIpc) is 3.21. The Bertz CT molecular complexity index is 1360. The molecule has 36 heavy (non-hydrogen) atoms. The highest BCUT2D eigenvalue weighted by Crippen LogP contribution is 2.42. The Kier molecular flexibility index (Phi) is 7.21. The van der Waals surface area contributed by atoms with Crippen LogP contribution in [0.2, 0.25) is 5.02 Å². The first-order valence-corrected chi connectivity index (χ1v) is 12.6. The first-order valence-electron chi connectivity index (χ1n) is 11.4. The van der Waals surface area contributed by atoms with Crippen LogP contribution in [0.25, 0.3) is 6.08 Å². The Morgan fingerprint density at radius 3 is 1.97 bits per heavy atom. The van der Waals surface area contributed by atoms with E-state index in [1.54, 1.807) is 12.0 Å². The van der Waals surface area contributed by atoms with Crippen LogP contribution in [0.4, 0.5) is 5.69 Å². The van der Waals surface area contributed by atoms with Gasteiger partial charge in [-0.1, -0.05) is 84.4 Å². The molecule has 0 atom stereocenters. The lowest BCUT2D eigenvalue weighted by Gasteiger charge is -2.28. The summed E-state index contributed by atoms with van der Waals surface area (Å²) in [6, 6.07) is 34.7. The molecule has 0 unspecified atom stereocenters. The highest BCUT2D eigenvalue weighted by Gasteiger charge is 2.39. The number of amidine groups is 1. The summed E-state index contributed by atoms with van der Waals surface area (Å²) < 4.78 is 5.29. The van der Waals surface area contributed by atoms with Crippen molar-refractivity contribution in [3.8, 4) is 5.75 Å². The van der Waals surface area contributed by atoms with Crippen molar-refractivity contribution in [3.05, 3.63) is 136 Å². The van der Waals surface area contributed by atoms with Gasteiger partial charge in [-0.3, -0.25) is 9.69 Å². The van der Waals surface area contributed by atoms with E-state index >= 15 is 0 Å². The third kappa shape index (κ3) is 5.23. The lowest BCUT2D eigenvalue weighted by atomic mass is 9.97. The van der Waals surface area contributed by atoms with Crippen molar-refractivity contribution in [1.29, 1.82) is 0 Å². The molecule has 0 aromatic heterocycles. The van der Waals surface area contributed by atoms with Crippen LogP contribution in [0.1, 0.15) is 22.7 Å². The fraction of sp³-hybridized carbons (Fsp3) is 0.0667. The summed E-state index contributed by atoms with van der Waals surface area (Å²) in [6.07, 6.45) is 1.89. The fourth-order valence-electron chi connectivity index (χ4n) is 4.03. The number of halogens is 1. The number of rotatable bonds is 6. The van der Waals surface area contributed by atoms with Gasteiger partial charge in [-0.25, -0.2) is 4.99 Å². The molecule has 1 aliphatic heterocycles. The predicted molar refractivity (Wildman–Crippen MR) is 149 cm³/mol. The Hall–Kier alpha value is -3.80. The van der Waals surface area contributed by atoms with Gasteiger partial charge >= 0.3 is 0 Å². The molecule has 0 spiro atoms. The lowest BCUT2D eigenvalue weighted by Crippen LogP contribution is -2.34. The van der Waals surface area contributed by atoms with E-state index in [0.29, 0.717) is 15.1 Å². The molecule has 4 nitrogen and oxygen atoms in total. The molecule has 0 N–H and O–H groups in total. The smallest absolute Gasteiger partial charge is 0.267 e. The van der Waals surface area contributed by atoms with Crippen LogP contribution in [0.5, 0.6) is 5.75 Å². The summed E-state index contributed by atoms with van der Waals surface area (Å²) in [5, 5.41) is 1.27. The molecular weight excluding hydrogens is 488 g/mol. The minimum absolute atomic E-state index is 0.0973. The van der Waals surface area contributed by atoms with Crippen molar-refractivity contribution < 1.29 is 9.53 Å². The van der Waals surface area contributed by atoms with Crippen molar-refractivity contribution in [2.24, 2.45) is 4.99 Å². The third-order valence-corrected chi connectivity index (χ3v) is 7.03. The van der Waals surface area contributed by atoms with Crippen LogP contribution in [0.15, 0.2) is 119 Å². The Labute approximate surface area is 219 Å². The second-order valence-electron chi connectivity index (χ2n) is 8.15. The van der Waals surface area contributed by atoms with Gasteiger partial charge in [0.2, 0.25) is 0 Å². The quantitative estimate of drug-likeness (QED) is 0.249. The third-order valence-electron chi connectivity index (χ3n) is 5.79. The molecule has 178 valence electrons. The fourth-order valence-corrected chi connectivity index (χ4v) is 5.17. The number of ether oxygens (including phenoxy) is 1. The van der Waals surface area contributed by atoms with Gasteiger partial charge in [-0.15, -0.1) is 0 Å². The molecule has 0 radical (unpaired) electrons. The molecule has 1 fully saturated rings. The van der Waals surface area contributed by atoms with E-state index in [1.165, 1.54) is 11.8 Å². The van der Waals surface area contributed by atoms with Gasteiger partial charge in [-0.05, 0) is 70.9 Å². The zero-order chi connectivity index (χ0) is 24.9. The topological polar surface area (TPSA) is 41.9 Å². The van der Waals surface area contributed by atoms with Crippen LogP contribution in [-0.2, 0) is 4.79 Å². The maximum absolute atomic E-state index is 14.0. The number of methoxy groups -OCH3 is 1. The summed E-state index contributed by atoms with van der Waals surface area (Å²) in [6.45, 7) is 0. The summed E-state index contributed by atoms with van der Waals surface area (Å²) in [5.74, 6) is 0.653. The van der Waals surface area contributed by atoms with Gasteiger partial charge in [0.1, 0.15) is 5.75 Å². The molecule has 1 aliphatic rings. The summed E-state index contributed by atoms with van der Waals surface area (Å²) in [5.41, 5.74) is 3.65. The predicted octanol–water partition coefficient (Wildman–Crippen LogP) is 7.74. The maximum atomic E-state index is 14.0. The summed E-state index contributed by atoms with van der Waals surface area (Å²) >= 11 is 7.43. The Balaban J connectivity index is 1.63. The van der Waals surface area contributed by atoms with E-state index in [4.69, 9.17) is 21.3 Å². The Morgan fingerprint density at radius 2 is 1.42 bits per heavy atom. The van der Waals surface area contributed by atoms with Gasteiger partial charge in [0.15, 0.2) is 5.17 Å². The van der Waals surface area contributed by atoms with E-state index in [2.05, 4.69) is 0 Å². The molecule has 5 rings (SSSR count). The van der Waals surface area contributed by atoms with Crippen molar-refractivity contribution in [3.63, 3.8) is 0 Å². The highest BCUT2D eigenvalue weighted by atomic mass is 35.5. The first-order chi connectivity index (χ1) is 17.6. The minimum atomic E-state index is -0.333. The van der Waals surface area contributed by atoms with E-state index in [1.807, 2.05) is 115 Å². The standard InChI is InChI=1S/C30H23ClN2O2S/c1-35-26-18-16-25(17-19-26)32-30-33(29(34)27(36-30)20-21-12-14-24(31)15-13-21)28(22-8-4-2-5-9-22)23-10-6-3-7-11-23/h2-20,28H,1H3/b27-20+,32-30?. The van der Waals surface area contributed by atoms with Crippen molar-refractivity contribution in [2.45, 2.75) is 6.04 Å². The molecule has 0 saturated carbocycles. The number of hydrogen-bond donors (Lipinski definition) is 0. The van der Waals surface area contributed by atoms with Crippen LogP contribution in [0, 0.1) is 0 Å². The lowest BCUT2D eigenvalue weighted by molar-refractivity contribution is -0.123. The van der Waals surface area contributed by atoms with Crippen molar-refractivity contribution >= 4 is 46.2 Å². The second kappa shape index (κ2) is 10.9. The van der Waals surface area contributed by atoms with Crippen LogP contribution < -0.4 is 4.74 Å². The maximum Gasteiger partial charge on any atom is 0.267 e. The number of amides is 1. The molecule has 0 aliphatic carbocycles. The van der Waals surface area contributed by atoms with E-state index in [-0.39, 0.29) is 11.9 Å². The number of carbonyl (C=O) groups excluding carboxylic acids is 1. The number of aliphatic imine (C=N–C) groups is 1. The van der Waals surface area contributed by atoms with Gasteiger partial charge in [-0.2, -0.15) is 0 Å². The molecule has 6 heteroatoms. The number of carbonyl (C=O) groups is 1. The van der Waals surface area contributed by atoms with E-state index in [0.717, 1.165) is 28.1 Å². The summed E-state index contributed by atoms with van der Waals surface area (Å²) in [4.78, 5) is 21.3. The molecule has 4 aromatic rings.